The highest BCUT2D eigenvalue weighted by molar-refractivity contribution is 7.80. The minimum Gasteiger partial charge on any atom is -0.469 e. The van der Waals surface area contributed by atoms with Crippen molar-refractivity contribution >= 4 is 40.9 Å². The van der Waals surface area contributed by atoms with Gasteiger partial charge in [-0.05, 0) is 55.5 Å². The lowest BCUT2D eigenvalue weighted by molar-refractivity contribution is 0.0525. The van der Waals surface area contributed by atoms with Gasteiger partial charge in [0.05, 0.1) is 29.8 Å². The van der Waals surface area contributed by atoms with Crippen molar-refractivity contribution in [2.24, 2.45) is 0 Å². The number of nitrogens with zero attached hydrogens (tertiary/aromatic N) is 1. The summed E-state index contributed by atoms with van der Waals surface area (Å²) in [6.45, 7) is 2.21. The van der Waals surface area contributed by atoms with Gasteiger partial charge in [0.25, 0.3) is 17.0 Å². The number of imide groups is 1. The molecule has 0 saturated carbocycles. The summed E-state index contributed by atoms with van der Waals surface area (Å²) < 4.78 is 10.3. The average Bonchev–Trinajstić information content (AvgIpc) is 2.94. The van der Waals surface area contributed by atoms with Crippen molar-refractivity contribution in [3.8, 4) is 0 Å². The Hall–Kier alpha value is -3.26. The summed E-state index contributed by atoms with van der Waals surface area (Å²) in [6.07, 6.45) is 0. The number of nitrogens with one attached hydrogen (secondary N) is 1. The summed E-state index contributed by atoms with van der Waals surface area (Å²) >= 11 is 5.12. The number of amides is 2. The minimum absolute atomic E-state index is 0.0677. The van der Waals surface area contributed by atoms with Crippen LogP contribution in [0.4, 0.5) is 5.69 Å². The fraction of sp³-hybridized carbons (Fsp3) is 0.200. The van der Waals surface area contributed by atoms with Crippen LogP contribution in [0.1, 0.15) is 38.0 Å². The van der Waals surface area contributed by atoms with E-state index in [4.69, 9.17) is 21.7 Å². The zero-order valence-electron chi connectivity index (χ0n) is 15.1. The highest BCUT2D eigenvalue weighted by Gasteiger charge is 2.34. The van der Waals surface area contributed by atoms with Crippen molar-refractivity contribution in [1.82, 2.24) is 4.90 Å². The largest absolute Gasteiger partial charge is 0.469 e. The highest BCUT2D eigenvalue weighted by atomic mass is 32.1. The third kappa shape index (κ3) is 4.17. The second-order valence-electron chi connectivity index (χ2n) is 5.87. The molecule has 0 aromatic heterocycles. The molecule has 0 atom stereocenters. The first kappa shape index (κ1) is 19.5. The van der Waals surface area contributed by atoms with Gasteiger partial charge in [0.15, 0.2) is 0 Å². The van der Waals surface area contributed by atoms with E-state index in [0.717, 1.165) is 4.90 Å². The topological polar surface area (TPSA) is 84.9 Å². The summed E-state index contributed by atoms with van der Waals surface area (Å²) in [7, 11) is 0. The number of fused-ring (bicyclic) bond motifs is 1. The molecule has 1 heterocycles. The van der Waals surface area contributed by atoms with E-state index in [1.807, 2.05) is 0 Å². The average molecular weight is 398 g/mol. The molecule has 2 amide bonds. The van der Waals surface area contributed by atoms with Crippen molar-refractivity contribution in [3.05, 3.63) is 65.2 Å². The molecule has 2 aromatic carbocycles. The number of carbonyl (C=O) groups excluding carboxylic acids is 3. The third-order valence-electron chi connectivity index (χ3n) is 4.07. The molecule has 2 aromatic rings. The zero-order valence-corrected chi connectivity index (χ0v) is 16.0. The van der Waals surface area contributed by atoms with Crippen molar-refractivity contribution in [2.45, 2.75) is 6.92 Å². The predicted molar refractivity (Wildman–Crippen MR) is 106 cm³/mol. The van der Waals surface area contributed by atoms with Gasteiger partial charge in [0.2, 0.25) is 0 Å². The molecule has 144 valence electrons. The molecule has 0 unspecified atom stereocenters. The molecule has 0 fully saturated rings. The van der Waals surface area contributed by atoms with Crippen molar-refractivity contribution in [3.63, 3.8) is 0 Å². The van der Waals surface area contributed by atoms with Gasteiger partial charge in [-0.1, -0.05) is 12.1 Å². The van der Waals surface area contributed by atoms with Crippen LogP contribution in [0.5, 0.6) is 0 Å². The SMILES string of the molecule is CCOC(=O)c1ccc(NC(=S)OCCN2C(=O)c3ccccc3C2=O)cc1. The number of ether oxygens (including phenoxy) is 2. The van der Waals surface area contributed by atoms with Gasteiger partial charge in [-0.2, -0.15) is 0 Å². The van der Waals surface area contributed by atoms with E-state index in [9.17, 15) is 14.4 Å². The lowest BCUT2D eigenvalue weighted by atomic mass is 10.1. The first-order valence-corrected chi connectivity index (χ1v) is 9.08. The van der Waals surface area contributed by atoms with Crippen LogP contribution in [-0.4, -0.2) is 47.6 Å². The van der Waals surface area contributed by atoms with Crippen LogP contribution in [0.2, 0.25) is 0 Å². The molecule has 1 aliphatic heterocycles. The van der Waals surface area contributed by atoms with Gasteiger partial charge < -0.3 is 14.8 Å². The summed E-state index contributed by atoms with van der Waals surface area (Å²) in [5, 5.41) is 2.97. The maximum Gasteiger partial charge on any atom is 0.338 e. The van der Waals surface area contributed by atoms with Gasteiger partial charge in [-0.3, -0.25) is 14.5 Å². The maximum atomic E-state index is 12.3. The van der Waals surface area contributed by atoms with E-state index in [1.54, 1.807) is 55.5 Å². The molecule has 0 radical (unpaired) electrons. The molecule has 3 rings (SSSR count). The first-order chi connectivity index (χ1) is 13.5. The summed E-state index contributed by atoms with van der Waals surface area (Å²) in [5.74, 6) is -1.07. The molecule has 28 heavy (non-hydrogen) atoms. The summed E-state index contributed by atoms with van der Waals surface area (Å²) in [6, 6.07) is 13.3. The van der Waals surface area contributed by atoms with Crippen molar-refractivity contribution < 1.29 is 23.9 Å². The van der Waals surface area contributed by atoms with E-state index < -0.39 is 5.97 Å². The van der Waals surface area contributed by atoms with E-state index in [0.29, 0.717) is 29.0 Å². The quantitative estimate of drug-likeness (QED) is 0.455. The van der Waals surface area contributed by atoms with Gasteiger partial charge >= 0.3 is 5.97 Å². The minimum atomic E-state index is -0.395. The Morgan fingerprint density at radius 3 is 2.18 bits per heavy atom. The molecular formula is C20H18N2O5S. The van der Waals surface area contributed by atoms with Crippen LogP contribution >= 0.6 is 12.2 Å². The van der Waals surface area contributed by atoms with Gasteiger partial charge in [-0.25, -0.2) is 4.79 Å². The number of rotatable bonds is 6. The second kappa shape index (κ2) is 8.62. The normalized spacial score (nSPS) is 12.5. The molecule has 1 N–H and O–H groups in total. The molecule has 0 aliphatic carbocycles. The van der Waals surface area contributed by atoms with E-state index >= 15 is 0 Å². The molecule has 7 nitrogen and oxygen atoms in total. The number of hydrogen-bond donors (Lipinski definition) is 1. The molecule has 0 spiro atoms. The fourth-order valence-corrected chi connectivity index (χ4v) is 2.93. The lowest BCUT2D eigenvalue weighted by Gasteiger charge is -2.15. The zero-order chi connectivity index (χ0) is 20.1. The molecule has 0 saturated heterocycles. The monoisotopic (exact) mass is 398 g/mol. The van der Waals surface area contributed by atoms with Crippen molar-refractivity contribution in [2.75, 3.05) is 25.1 Å². The number of carbonyl (C=O) groups is 3. The standard InChI is InChI=1S/C20H18N2O5S/c1-2-26-19(25)13-7-9-14(10-8-13)21-20(28)27-12-11-22-17(23)15-5-3-4-6-16(15)18(22)24/h3-10H,2,11-12H2,1H3,(H,21,28). The summed E-state index contributed by atoms with van der Waals surface area (Å²) in [5.41, 5.74) is 1.87. The van der Waals surface area contributed by atoms with Gasteiger partial charge in [-0.15, -0.1) is 0 Å². The fourth-order valence-electron chi connectivity index (χ4n) is 2.73. The van der Waals surface area contributed by atoms with Crippen molar-refractivity contribution in [1.29, 1.82) is 0 Å². The summed E-state index contributed by atoms with van der Waals surface area (Å²) in [4.78, 5) is 37.3. The van der Waals surface area contributed by atoms with E-state index in [2.05, 4.69) is 5.32 Å². The third-order valence-corrected chi connectivity index (χ3v) is 4.29. The smallest absolute Gasteiger partial charge is 0.338 e. The van der Waals surface area contributed by atoms with Crippen LogP contribution in [0.3, 0.4) is 0 Å². The predicted octanol–water partition coefficient (Wildman–Crippen LogP) is 2.87. The Kier molecular flexibility index (Phi) is 6.00. The highest BCUT2D eigenvalue weighted by Crippen LogP contribution is 2.22. The number of thiocarbonyl (C=S) groups is 1. The van der Waals surface area contributed by atoms with Crippen LogP contribution in [0.15, 0.2) is 48.5 Å². The molecular weight excluding hydrogens is 380 g/mol. The van der Waals surface area contributed by atoms with Gasteiger partial charge in [0.1, 0.15) is 6.61 Å². The maximum absolute atomic E-state index is 12.3. The Bertz CT molecular complexity index is 891. The van der Waals surface area contributed by atoms with Crippen LogP contribution in [0, 0.1) is 0 Å². The van der Waals surface area contributed by atoms with Gasteiger partial charge in [0, 0.05) is 5.69 Å². The molecule has 8 heteroatoms. The first-order valence-electron chi connectivity index (χ1n) is 8.67. The number of hydrogen-bond acceptors (Lipinski definition) is 6. The van der Waals surface area contributed by atoms with E-state index in [-0.39, 0.29) is 30.1 Å². The molecule has 1 aliphatic rings. The Labute approximate surface area is 167 Å². The van der Waals surface area contributed by atoms with E-state index in [1.165, 1.54) is 0 Å². The number of esters is 1. The van der Waals surface area contributed by atoms with Crippen LogP contribution in [-0.2, 0) is 9.47 Å². The number of benzene rings is 2. The van der Waals surface area contributed by atoms with Crippen LogP contribution < -0.4 is 5.32 Å². The Morgan fingerprint density at radius 1 is 1.00 bits per heavy atom. The lowest BCUT2D eigenvalue weighted by Crippen LogP contribution is -2.33. The number of anilines is 1. The Balaban J connectivity index is 1.48. The molecule has 0 bridgehead atoms. The van der Waals surface area contributed by atoms with Crippen LogP contribution in [0.25, 0.3) is 0 Å². The second-order valence-corrected chi connectivity index (χ2v) is 6.24. The Morgan fingerprint density at radius 2 is 1.61 bits per heavy atom.